The molecular formula is C23H30F3N5O2. The zero-order valence-corrected chi connectivity index (χ0v) is 18.4. The Labute approximate surface area is 191 Å². The molecule has 0 radical (unpaired) electrons. The van der Waals surface area contributed by atoms with Gasteiger partial charge in [-0.25, -0.2) is 10.9 Å². The van der Waals surface area contributed by atoms with Crippen LogP contribution in [0.2, 0.25) is 0 Å². The number of alkyl halides is 3. The van der Waals surface area contributed by atoms with E-state index in [0.717, 1.165) is 37.0 Å². The number of rotatable bonds is 4. The summed E-state index contributed by atoms with van der Waals surface area (Å²) in [5, 5.41) is 0. The minimum absolute atomic E-state index is 0.0350. The number of likely N-dealkylation sites (tertiary alicyclic amines) is 2. The lowest BCUT2D eigenvalue weighted by Gasteiger charge is -2.32. The molecule has 3 unspecified atom stereocenters. The van der Waals surface area contributed by atoms with Gasteiger partial charge in [0.1, 0.15) is 0 Å². The lowest BCUT2D eigenvalue weighted by molar-refractivity contribution is -0.138. The average molecular weight is 466 g/mol. The molecule has 5 rings (SSSR count). The Morgan fingerprint density at radius 2 is 1.55 bits per heavy atom. The minimum Gasteiger partial charge on any atom is -0.342 e. The van der Waals surface area contributed by atoms with E-state index in [-0.39, 0.29) is 30.2 Å². The molecule has 3 N–H and O–H groups in total. The highest BCUT2D eigenvalue weighted by molar-refractivity contribution is 5.80. The molecule has 0 spiro atoms. The number of amides is 2. The Hall–Kier alpha value is -2.17. The van der Waals surface area contributed by atoms with Crippen LogP contribution in [0.1, 0.15) is 36.8 Å². The second kappa shape index (κ2) is 8.88. The maximum Gasteiger partial charge on any atom is 0.416 e. The van der Waals surface area contributed by atoms with Crippen LogP contribution in [0.15, 0.2) is 24.3 Å². The largest absolute Gasteiger partial charge is 0.416 e. The van der Waals surface area contributed by atoms with Crippen LogP contribution in [0.3, 0.4) is 0 Å². The molecule has 1 aromatic carbocycles. The molecule has 1 saturated carbocycles. The Morgan fingerprint density at radius 3 is 2.21 bits per heavy atom. The number of hydrogen-bond acceptors (Lipinski definition) is 5. The van der Waals surface area contributed by atoms with Crippen molar-refractivity contribution < 1.29 is 22.8 Å². The molecule has 180 valence electrons. The van der Waals surface area contributed by atoms with E-state index in [1.807, 2.05) is 9.80 Å². The lowest BCUT2D eigenvalue weighted by Crippen LogP contribution is -2.45. The fourth-order valence-electron chi connectivity index (χ4n) is 5.86. The van der Waals surface area contributed by atoms with Gasteiger partial charge in [-0.2, -0.15) is 18.7 Å². The van der Waals surface area contributed by atoms with Crippen LogP contribution in [0.4, 0.5) is 13.2 Å². The summed E-state index contributed by atoms with van der Waals surface area (Å²) >= 11 is 0. The molecule has 5 atom stereocenters. The molecule has 0 aromatic heterocycles. The van der Waals surface area contributed by atoms with Crippen molar-refractivity contribution in [2.24, 2.45) is 17.8 Å². The Bertz CT molecular complexity index is 879. The third kappa shape index (κ3) is 4.74. The van der Waals surface area contributed by atoms with Crippen molar-refractivity contribution in [1.82, 2.24) is 26.2 Å². The smallest absolute Gasteiger partial charge is 0.342 e. The standard InChI is InChI=1S/C23H30F3N5O2/c24-23(25,26)18-5-1-14(2-6-18)3-8-21(32)30-10-16-12-31(13-17(16)11-30)22(33)15-4-7-19-20(9-15)28-29-27-19/h1-2,5-6,15-17,19-20,27-29H,3-4,7-13H2/t15?,16-,17-,19?,20?/m1/s1. The van der Waals surface area contributed by atoms with Gasteiger partial charge in [0.25, 0.3) is 0 Å². The molecule has 1 aliphatic carbocycles. The van der Waals surface area contributed by atoms with Gasteiger partial charge < -0.3 is 9.80 Å². The number of nitrogens with one attached hydrogen (secondary N) is 3. The summed E-state index contributed by atoms with van der Waals surface area (Å²) in [6.07, 6.45) is -0.927. The zero-order chi connectivity index (χ0) is 23.2. The predicted molar refractivity (Wildman–Crippen MR) is 114 cm³/mol. The van der Waals surface area contributed by atoms with E-state index in [1.54, 1.807) is 0 Å². The molecule has 3 saturated heterocycles. The van der Waals surface area contributed by atoms with Crippen molar-refractivity contribution in [1.29, 1.82) is 0 Å². The first-order valence-electron chi connectivity index (χ1n) is 11.8. The second-order valence-corrected chi connectivity index (χ2v) is 9.89. The molecule has 4 fully saturated rings. The van der Waals surface area contributed by atoms with Gasteiger partial charge in [0, 0.05) is 62.4 Å². The molecule has 3 heterocycles. The van der Waals surface area contributed by atoms with E-state index in [9.17, 15) is 22.8 Å². The molecule has 33 heavy (non-hydrogen) atoms. The van der Waals surface area contributed by atoms with Crippen LogP contribution in [0, 0.1) is 17.8 Å². The highest BCUT2D eigenvalue weighted by Gasteiger charge is 2.45. The fraction of sp³-hybridized carbons (Fsp3) is 0.652. The normalized spacial score (nSPS) is 31.5. The lowest BCUT2D eigenvalue weighted by atomic mass is 9.82. The van der Waals surface area contributed by atoms with Crippen molar-refractivity contribution in [3.05, 3.63) is 35.4 Å². The van der Waals surface area contributed by atoms with E-state index in [2.05, 4.69) is 16.4 Å². The van der Waals surface area contributed by atoms with E-state index < -0.39 is 11.7 Å². The van der Waals surface area contributed by atoms with Crippen LogP contribution in [-0.2, 0) is 22.2 Å². The maximum absolute atomic E-state index is 13.1. The van der Waals surface area contributed by atoms with Gasteiger partial charge in [0.05, 0.1) is 5.56 Å². The second-order valence-electron chi connectivity index (χ2n) is 9.89. The quantitative estimate of drug-likeness (QED) is 0.631. The summed E-state index contributed by atoms with van der Waals surface area (Å²) in [5.41, 5.74) is 9.41. The Balaban J connectivity index is 1.08. The Morgan fingerprint density at radius 1 is 0.909 bits per heavy atom. The van der Waals surface area contributed by atoms with Crippen LogP contribution in [-0.4, -0.2) is 59.9 Å². The van der Waals surface area contributed by atoms with Gasteiger partial charge in [-0.3, -0.25) is 9.59 Å². The molecule has 1 aromatic rings. The number of hydrazine groups is 2. The zero-order valence-electron chi connectivity index (χ0n) is 18.4. The fourth-order valence-corrected chi connectivity index (χ4v) is 5.86. The highest BCUT2D eigenvalue weighted by atomic mass is 19.4. The SMILES string of the molecule is O=C(CCc1ccc(C(F)(F)F)cc1)N1C[C@@H]2CN(C(=O)C3CCC4NNNC4C3)C[C@H]2C1. The van der Waals surface area contributed by atoms with Crippen LogP contribution in [0.5, 0.6) is 0 Å². The topological polar surface area (TPSA) is 76.7 Å². The highest BCUT2D eigenvalue weighted by Crippen LogP contribution is 2.35. The first kappa shape index (κ1) is 22.6. The van der Waals surface area contributed by atoms with Crippen molar-refractivity contribution in [3.63, 3.8) is 0 Å². The molecule has 4 aliphatic rings. The van der Waals surface area contributed by atoms with Crippen molar-refractivity contribution in [2.45, 2.75) is 50.4 Å². The van der Waals surface area contributed by atoms with Gasteiger partial charge >= 0.3 is 6.18 Å². The van der Waals surface area contributed by atoms with Crippen molar-refractivity contribution in [3.8, 4) is 0 Å². The summed E-state index contributed by atoms with van der Waals surface area (Å²) in [7, 11) is 0. The summed E-state index contributed by atoms with van der Waals surface area (Å²) in [5.74, 6) is 0.965. The summed E-state index contributed by atoms with van der Waals surface area (Å²) < 4.78 is 38.1. The number of carbonyl (C=O) groups is 2. The monoisotopic (exact) mass is 465 g/mol. The summed E-state index contributed by atoms with van der Waals surface area (Å²) in [6.45, 7) is 2.73. The number of halogens is 3. The van der Waals surface area contributed by atoms with Crippen LogP contribution in [0.25, 0.3) is 0 Å². The third-order valence-electron chi connectivity index (χ3n) is 7.77. The number of fused-ring (bicyclic) bond motifs is 2. The van der Waals surface area contributed by atoms with Gasteiger partial charge in [-0.1, -0.05) is 12.1 Å². The number of aryl methyl sites for hydroxylation is 1. The molecular weight excluding hydrogens is 435 g/mol. The first-order chi connectivity index (χ1) is 15.8. The average Bonchev–Trinajstić information content (AvgIpc) is 3.50. The number of carbonyl (C=O) groups excluding carboxylic acids is 2. The van der Waals surface area contributed by atoms with Crippen LogP contribution < -0.4 is 16.4 Å². The molecule has 0 bridgehead atoms. The Kier molecular flexibility index (Phi) is 6.09. The van der Waals surface area contributed by atoms with E-state index in [4.69, 9.17) is 0 Å². The summed E-state index contributed by atoms with van der Waals surface area (Å²) in [4.78, 5) is 29.6. The molecule has 7 nitrogen and oxygen atoms in total. The number of hydrogen-bond donors (Lipinski definition) is 3. The summed E-state index contributed by atoms with van der Waals surface area (Å²) in [6, 6.07) is 5.68. The van der Waals surface area contributed by atoms with E-state index >= 15 is 0 Å². The molecule has 2 amide bonds. The van der Waals surface area contributed by atoms with Crippen molar-refractivity contribution in [2.75, 3.05) is 26.2 Å². The van der Waals surface area contributed by atoms with Crippen molar-refractivity contribution >= 4 is 11.8 Å². The number of nitrogens with zero attached hydrogens (tertiary/aromatic N) is 2. The maximum atomic E-state index is 13.1. The molecule has 3 aliphatic heterocycles. The molecule has 10 heteroatoms. The van der Waals surface area contributed by atoms with E-state index in [0.29, 0.717) is 50.5 Å². The predicted octanol–water partition coefficient (Wildman–Crippen LogP) is 1.70. The van der Waals surface area contributed by atoms with Gasteiger partial charge in [-0.15, -0.1) is 0 Å². The number of benzene rings is 1. The van der Waals surface area contributed by atoms with Gasteiger partial charge in [0.15, 0.2) is 0 Å². The first-order valence-corrected chi connectivity index (χ1v) is 11.8. The van der Waals surface area contributed by atoms with E-state index in [1.165, 1.54) is 12.1 Å². The third-order valence-corrected chi connectivity index (χ3v) is 7.77. The minimum atomic E-state index is -4.35. The van der Waals surface area contributed by atoms with Gasteiger partial charge in [0.2, 0.25) is 11.8 Å². The van der Waals surface area contributed by atoms with Gasteiger partial charge in [-0.05, 0) is 43.4 Å². The van der Waals surface area contributed by atoms with Crippen LogP contribution >= 0.6 is 0 Å².